The number of carbonyl (C=O) groups excluding carboxylic acids is 1. The van der Waals surface area contributed by atoms with Crippen LogP contribution in [0.1, 0.15) is 52.4 Å². The van der Waals surface area contributed by atoms with E-state index in [4.69, 9.17) is 0 Å². The van der Waals surface area contributed by atoms with Crippen LogP contribution in [0, 0.1) is 0 Å². The van der Waals surface area contributed by atoms with E-state index in [-0.39, 0.29) is 18.1 Å². The highest BCUT2D eigenvalue weighted by Crippen LogP contribution is 2.14. The van der Waals surface area contributed by atoms with E-state index in [0.29, 0.717) is 13.1 Å². The number of piperidine rings is 1. The average molecular weight is 304 g/mol. The molecule has 6 heteroatoms. The summed E-state index contributed by atoms with van der Waals surface area (Å²) in [5.74, 6) is -0.0789. The summed E-state index contributed by atoms with van der Waals surface area (Å²) in [6.07, 6.45) is 4.90. The summed E-state index contributed by atoms with van der Waals surface area (Å²) in [5, 5.41) is 0. The molecule has 0 aromatic rings. The highest BCUT2D eigenvalue weighted by Gasteiger charge is 2.25. The fourth-order valence-corrected chi connectivity index (χ4v) is 4.05. The number of rotatable bonds is 8. The summed E-state index contributed by atoms with van der Waals surface area (Å²) in [4.78, 5) is 13.9. The lowest BCUT2D eigenvalue weighted by Gasteiger charge is -2.26. The topological polar surface area (TPSA) is 57.7 Å². The summed E-state index contributed by atoms with van der Waals surface area (Å²) in [6.45, 7) is 6.72. The monoisotopic (exact) mass is 304 g/mol. The van der Waals surface area contributed by atoms with Crippen LogP contribution in [0.5, 0.6) is 0 Å². The molecular weight excluding hydrogens is 276 g/mol. The fourth-order valence-electron chi connectivity index (χ4n) is 2.55. The predicted octanol–water partition coefficient (Wildman–Crippen LogP) is 1.84. The Bertz CT molecular complexity index is 383. The first-order valence-corrected chi connectivity index (χ1v) is 9.37. The highest BCUT2D eigenvalue weighted by atomic mass is 32.2. The summed E-state index contributed by atoms with van der Waals surface area (Å²) >= 11 is 0. The molecule has 0 N–H and O–H groups in total. The predicted molar refractivity (Wildman–Crippen MR) is 81.0 cm³/mol. The Morgan fingerprint density at radius 3 is 2.10 bits per heavy atom. The van der Waals surface area contributed by atoms with E-state index in [1.54, 1.807) is 9.21 Å². The Kier molecular flexibility index (Phi) is 7.51. The van der Waals surface area contributed by atoms with E-state index in [1.165, 1.54) is 0 Å². The van der Waals surface area contributed by atoms with E-state index in [1.807, 2.05) is 13.8 Å². The molecule has 20 heavy (non-hydrogen) atoms. The van der Waals surface area contributed by atoms with Gasteiger partial charge in [0.05, 0.1) is 5.75 Å². The average Bonchev–Trinajstić information content (AvgIpc) is 2.45. The lowest BCUT2D eigenvalue weighted by molar-refractivity contribution is -0.130. The van der Waals surface area contributed by atoms with E-state index in [9.17, 15) is 13.2 Å². The quantitative estimate of drug-likeness (QED) is 0.687. The van der Waals surface area contributed by atoms with Crippen molar-refractivity contribution in [3.63, 3.8) is 0 Å². The van der Waals surface area contributed by atoms with Crippen LogP contribution < -0.4 is 0 Å². The van der Waals surface area contributed by atoms with Crippen LogP contribution in [0.4, 0.5) is 0 Å². The minimum absolute atomic E-state index is 0.0331. The number of carbonyl (C=O) groups is 1. The van der Waals surface area contributed by atoms with E-state index < -0.39 is 10.0 Å². The Morgan fingerprint density at radius 1 is 1.05 bits per heavy atom. The maximum absolute atomic E-state index is 12.2. The maximum Gasteiger partial charge on any atom is 0.223 e. The van der Waals surface area contributed by atoms with Gasteiger partial charge in [-0.1, -0.05) is 20.3 Å². The van der Waals surface area contributed by atoms with E-state index >= 15 is 0 Å². The molecule has 0 unspecified atom stereocenters. The van der Waals surface area contributed by atoms with Gasteiger partial charge in [0.2, 0.25) is 15.9 Å². The molecule has 0 aromatic heterocycles. The molecule has 1 rings (SSSR count). The summed E-state index contributed by atoms with van der Waals surface area (Å²) in [6, 6.07) is 0. The van der Waals surface area contributed by atoms with Crippen molar-refractivity contribution >= 4 is 15.9 Å². The second-order valence-corrected chi connectivity index (χ2v) is 7.49. The van der Waals surface area contributed by atoms with Crippen LogP contribution in [0.15, 0.2) is 0 Å². The Balaban J connectivity index is 2.49. The van der Waals surface area contributed by atoms with Gasteiger partial charge < -0.3 is 4.90 Å². The molecule has 1 saturated heterocycles. The molecular formula is C14H28N2O3S. The van der Waals surface area contributed by atoms with Crippen molar-refractivity contribution in [2.45, 2.75) is 52.4 Å². The van der Waals surface area contributed by atoms with Crippen molar-refractivity contribution in [3.8, 4) is 0 Å². The van der Waals surface area contributed by atoms with Gasteiger partial charge in [0.15, 0.2) is 0 Å². The van der Waals surface area contributed by atoms with Crippen LogP contribution in [-0.4, -0.2) is 55.5 Å². The van der Waals surface area contributed by atoms with Crippen molar-refractivity contribution < 1.29 is 13.2 Å². The van der Waals surface area contributed by atoms with Gasteiger partial charge in [-0.05, 0) is 25.7 Å². The smallest absolute Gasteiger partial charge is 0.223 e. The van der Waals surface area contributed by atoms with Gasteiger partial charge >= 0.3 is 0 Å². The van der Waals surface area contributed by atoms with Crippen LogP contribution in [-0.2, 0) is 14.8 Å². The molecule has 0 aromatic carbocycles. The molecule has 1 aliphatic heterocycles. The van der Waals surface area contributed by atoms with Gasteiger partial charge in [-0.15, -0.1) is 0 Å². The Morgan fingerprint density at radius 2 is 1.60 bits per heavy atom. The maximum atomic E-state index is 12.2. The number of hydrogen-bond donors (Lipinski definition) is 0. The lowest BCUT2D eigenvalue weighted by atomic mass is 10.2. The minimum atomic E-state index is -3.26. The number of hydrogen-bond acceptors (Lipinski definition) is 3. The van der Waals surface area contributed by atoms with Crippen LogP contribution in [0.25, 0.3) is 0 Å². The van der Waals surface area contributed by atoms with Gasteiger partial charge in [-0.3, -0.25) is 4.79 Å². The van der Waals surface area contributed by atoms with Crippen molar-refractivity contribution in [2.24, 2.45) is 0 Å². The zero-order chi connectivity index (χ0) is 15.0. The second-order valence-electron chi connectivity index (χ2n) is 5.41. The molecule has 0 saturated carbocycles. The molecule has 0 atom stereocenters. The third-order valence-electron chi connectivity index (χ3n) is 3.62. The first-order valence-electron chi connectivity index (χ1n) is 7.76. The molecule has 5 nitrogen and oxygen atoms in total. The SMILES string of the molecule is CCCN(CCC)C(=O)CCS(=O)(=O)N1CCCCC1. The molecule has 0 bridgehead atoms. The van der Waals surface area contributed by atoms with Gasteiger partial charge in [0, 0.05) is 32.6 Å². The van der Waals surface area contributed by atoms with Crippen LogP contribution >= 0.6 is 0 Å². The van der Waals surface area contributed by atoms with Crippen molar-refractivity contribution in [2.75, 3.05) is 31.9 Å². The van der Waals surface area contributed by atoms with E-state index in [2.05, 4.69) is 0 Å². The van der Waals surface area contributed by atoms with Gasteiger partial charge in [-0.25, -0.2) is 12.7 Å². The second kappa shape index (κ2) is 8.62. The molecule has 1 amide bonds. The normalized spacial score (nSPS) is 17.1. The molecule has 1 fully saturated rings. The number of sulfonamides is 1. The molecule has 118 valence electrons. The summed E-state index contributed by atoms with van der Waals surface area (Å²) < 4.78 is 25.9. The molecule has 1 heterocycles. The molecule has 1 aliphatic rings. The van der Waals surface area contributed by atoms with Crippen molar-refractivity contribution in [1.29, 1.82) is 0 Å². The summed E-state index contributed by atoms with van der Waals surface area (Å²) in [7, 11) is -3.26. The third kappa shape index (κ3) is 5.40. The lowest BCUT2D eigenvalue weighted by Crippen LogP contribution is -2.39. The van der Waals surface area contributed by atoms with Gasteiger partial charge in [0.1, 0.15) is 0 Å². The first-order chi connectivity index (χ1) is 9.51. The highest BCUT2D eigenvalue weighted by molar-refractivity contribution is 7.89. The number of amides is 1. The zero-order valence-electron chi connectivity index (χ0n) is 12.8. The van der Waals surface area contributed by atoms with Crippen molar-refractivity contribution in [3.05, 3.63) is 0 Å². The Labute approximate surface area is 123 Å². The van der Waals surface area contributed by atoms with Crippen molar-refractivity contribution in [1.82, 2.24) is 9.21 Å². The Hall–Kier alpha value is -0.620. The first kappa shape index (κ1) is 17.4. The third-order valence-corrected chi connectivity index (χ3v) is 5.49. The molecule has 0 aliphatic carbocycles. The molecule has 0 spiro atoms. The largest absolute Gasteiger partial charge is 0.343 e. The van der Waals surface area contributed by atoms with E-state index in [0.717, 1.165) is 45.2 Å². The zero-order valence-corrected chi connectivity index (χ0v) is 13.6. The molecule has 0 radical (unpaired) electrons. The van der Waals surface area contributed by atoms with Gasteiger partial charge in [-0.2, -0.15) is 0 Å². The van der Waals surface area contributed by atoms with Crippen LogP contribution in [0.3, 0.4) is 0 Å². The van der Waals surface area contributed by atoms with Crippen LogP contribution in [0.2, 0.25) is 0 Å². The van der Waals surface area contributed by atoms with Gasteiger partial charge in [0.25, 0.3) is 0 Å². The number of nitrogens with zero attached hydrogens (tertiary/aromatic N) is 2. The minimum Gasteiger partial charge on any atom is -0.343 e. The standard InChI is InChI=1S/C14H28N2O3S/c1-3-9-15(10-4-2)14(17)8-13-20(18,19)16-11-6-5-7-12-16/h3-13H2,1-2H3. The summed E-state index contributed by atoms with van der Waals surface area (Å²) in [5.41, 5.74) is 0. The fraction of sp³-hybridized carbons (Fsp3) is 0.929.